The summed E-state index contributed by atoms with van der Waals surface area (Å²) in [6.45, 7) is 3.92. The molecule has 0 unspecified atom stereocenters. The molecule has 0 bridgehead atoms. The number of thiazole rings is 1. The Hall–Kier alpha value is -2.64. The van der Waals surface area contributed by atoms with E-state index in [1.165, 1.54) is 29.5 Å². The molecule has 26 heavy (non-hydrogen) atoms. The number of ether oxygens (including phenoxy) is 1. The molecule has 0 fully saturated rings. The van der Waals surface area contributed by atoms with Crippen LogP contribution in [0.4, 0.5) is 0 Å². The molecule has 1 aliphatic rings. The van der Waals surface area contributed by atoms with Crippen LogP contribution in [0.25, 0.3) is 21.0 Å². The van der Waals surface area contributed by atoms with Gasteiger partial charge >= 0.3 is 0 Å². The summed E-state index contributed by atoms with van der Waals surface area (Å²) < 4.78 is 5.72. The number of rotatable bonds is 4. The van der Waals surface area contributed by atoms with Gasteiger partial charge in [0.15, 0.2) is 0 Å². The van der Waals surface area contributed by atoms with Crippen LogP contribution in [-0.2, 0) is 12.8 Å². The number of hydrogen-bond acceptors (Lipinski definition) is 4. The van der Waals surface area contributed by atoms with Gasteiger partial charge in [-0.05, 0) is 68.0 Å². The molecule has 0 atom stereocenters. The van der Waals surface area contributed by atoms with Crippen molar-refractivity contribution in [3.05, 3.63) is 59.3 Å². The number of hydrogen-bond donors (Lipinski definition) is 0. The van der Waals surface area contributed by atoms with Crippen molar-refractivity contribution < 1.29 is 4.74 Å². The summed E-state index contributed by atoms with van der Waals surface area (Å²) in [4.78, 5) is 5.74. The topological polar surface area (TPSA) is 45.9 Å². The predicted molar refractivity (Wildman–Crippen MR) is 105 cm³/mol. The number of benzene rings is 2. The molecule has 4 rings (SSSR count). The third-order valence-electron chi connectivity index (χ3n) is 4.63. The van der Waals surface area contributed by atoms with Crippen molar-refractivity contribution >= 4 is 11.3 Å². The zero-order chi connectivity index (χ0) is 18.1. The van der Waals surface area contributed by atoms with Crippen LogP contribution in [0.1, 0.15) is 37.0 Å². The summed E-state index contributed by atoms with van der Waals surface area (Å²) in [6.07, 6.45) is 5.49. The molecule has 1 aliphatic carbocycles. The normalized spacial score (nSPS) is 12.8. The molecule has 3 aromatic rings. The van der Waals surface area contributed by atoms with Crippen molar-refractivity contribution in [3.8, 4) is 32.8 Å². The Morgan fingerprint density at radius 3 is 2.88 bits per heavy atom. The fourth-order valence-electron chi connectivity index (χ4n) is 3.48. The lowest BCUT2D eigenvalue weighted by Crippen LogP contribution is -2.06. The SMILES string of the molecule is CC(C)Oc1ccc(-c2cnc(-c3cccc4c3CCC4)s2)cc1C#N. The minimum Gasteiger partial charge on any atom is -0.490 e. The number of fused-ring (bicyclic) bond motifs is 1. The maximum Gasteiger partial charge on any atom is 0.137 e. The van der Waals surface area contributed by atoms with Gasteiger partial charge in [0.2, 0.25) is 0 Å². The van der Waals surface area contributed by atoms with Crippen LogP contribution in [0.5, 0.6) is 5.75 Å². The van der Waals surface area contributed by atoms with E-state index in [4.69, 9.17) is 4.74 Å². The third-order valence-corrected chi connectivity index (χ3v) is 5.71. The zero-order valence-corrected chi connectivity index (χ0v) is 15.8. The standard InChI is InChI=1S/C22H20N2OS/c1-14(2)25-20-10-9-16(11-17(20)12-23)21-13-24-22(26-21)19-8-4-6-15-5-3-7-18(15)19/h4,6,8-11,13-14H,3,5,7H2,1-2H3. The minimum absolute atomic E-state index is 0.0446. The summed E-state index contributed by atoms with van der Waals surface area (Å²) >= 11 is 1.68. The molecule has 0 saturated heterocycles. The van der Waals surface area contributed by atoms with Gasteiger partial charge in [-0.1, -0.05) is 18.2 Å². The molecule has 0 amide bonds. The van der Waals surface area contributed by atoms with E-state index in [1.807, 2.05) is 38.2 Å². The van der Waals surface area contributed by atoms with Crippen LogP contribution in [-0.4, -0.2) is 11.1 Å². The molecule has 0 radical (unpaired) electrons. The fourth-order valence-corrected chi connectivity index (χ4v) is 4.44. The van der Waals surface area contributed by atoms with E-state index in [0.29, 0.717) is 11.3 Å². The Bertz CT molecular complexity index is 998. The Morgan fingerprint density at radius 1 is 1.19 bits per heavy atom. The van der Waals surface area contributed by atoms with Crippen molar-refractivity contribution in [1.29, 1.82) is 5.26 Å². The van der Waals surface area contributed by atoms with Crippen LogP contribution < -0.4 is 4.74 Å². The predicted octanol–water partition coefficient (Wildman–Crippen LogP) is 5.62. The third kappa shape index (κ3) is 3.11. The second-order valence-corrected chi connectivity index (χ2v) is 7.85. The van der Waals surface area contributed by atoms with Crippen molar-refractivity contribution in [2.75, 3.05) is 0 Å². The second kappa shape index (κ2) is 6.93. The van der Waals surface area contributed by atoms with Gasteiger partial charge in [0, 0.05) is 11.8 Å². The van der Waals surface area contributed by atoms with Crippen molar-refractivity contribution in [2.24, 2.45) is 0 Å². The first-order valence-corrected chi connectivity index (χ1v) is 9.75. The van der Waals surface area contributed by atoms with E-state index in [0.717, 1.165) is 21.9 Å². The van der Waals surface area contributed by atoms with Gasteiger partial charge in [-0.3, -0.25) is 0 Å². The van der Waals surface area contributed by atoms with Gasteiger partial charge in [0.1, 0.15) is 16.8 Å². The average molecular weight is 360 g/mol. The van der Waals surface area contributed by atoms with E-state index < -0.39 is 0 Å². The van der Waals surface area contributed by atoms with Gasteiger partial charge in [0.05, 0.1) is 16.5 Å². The highest BCUT2D eigenvalue weighted by atomic mass is 32.1. The second-order valence-electron chi connectivity index (χ2n) is 6.82. The smallest absolute Gasteiger partial charge is 0.137 e. The molecule has 3 nitrogen and oxygen atoms in total. The highest BCUT2D eigenvalue weighted by molar-refractivity contribution is 7.18. The van der Waals surface area contributed by atoms with Gasteiger partial charge < -0.3 is 4.74 Å². The summed E-state index contributed by atoms with van der Waals surface area (Å²) in [7, 11) is 0. The summed E-state index contributed by atoms with van der Waals surface area (Å²) in [6, 6.07) is 14.6. The molecule has 4 heteroatoms. The van der Waals surface area contributed by atoms with Crippen LogP contribution in [0.2, 0.25) is 0 Å². The number of nitriles is 1. The van der Waals surface area contributed by atoms with Crippen LogP contribution in [0.3, 0.4) is 0 Å². The van der Waals surface area contributed by atoms with Crippen molar-refractivity contribution in [3.63, 3.8) is 0 Å². The van der Waals surface area contributed by atoms with Gasteiger partial charge in [-0.25, -0.2) is 4.98 Å². The molecule has 0 N–H and O–H groups in total. The number of aromatic nitrogens is 1. The van der Waals surface area contributed by atoms with E-state index in [2.05, 4.69) is 29.3 Å². The maximum atomic E-state index is 9.45. The Kier molecular flexibility index (Phi) is 4.48. The van der Waals surface area contributed by atoms with E-state index in [9.17, 15) is 5.26 Å². The Labute approximate surface area is 157 Å². The number of aryl methyl sites for hydroxylation is 1. The molecule has 0 aliphatic heterocycles. The summed E-state index contributed by atoms with van der Waals surface area (Å²) in [5.74, 6) is 0.636. The molecule has 1 aromatic heterocycles. The van der Waals surface area contributed by atoms with E-state index >= 15 is 0 Å². The quantitative estimate of drug-likeness (QED) is 0.606. The Balaban J connectivity index is 1.69. The van der Waals surface area contributed by atoms with Crippen molar-refractivity contribution in [2.45, 2.75) is 39.2 Å². The molecule has 2 aromatic carbocycles. The molecular formula is C22H20N2OS. The molecular weight excluding hydrogens is 340 g/mol. The number of nitrogens with zero attached hydrogens (tertiary/aromatic N) is 2. The zero-order valence-electron chi connectivity index (χ0n) is 15.0. The van der Waals surface area contributed by atoms with Crippen LogP contribution in [0, 0.1) is 11.3 Å². The van der Waals surface area contributed by atoms with Crippen molar-refractivity contribution in [1.82, 2.24) is 4.98 Å². The first kappa shape index (κ1) is 16.8. The van der Waals surface area contributed by atoms with Gasteiger partial charge in [-0.2, -0.15) is 5.26 Å². The lowest BCUT2D eigenvalue weighted by atomic mass is 10.0. The van der Waals surface area contributed by atoms with Gasteiger partial charge in [0.25, 0.3) is 0 Å². The maximum absolute atomic E-state index is 9.45. The fraction of sp³-hybridized carbons (Fsp3) is 0.273. The molecule has 0 spiro atoms. The first-order valence-electron chi connectivity index (χ1n) is 8.94. The summed E-state index contributed by atoms with van der Waals surface area (Å²) in [5.41, 5.74) is 5.74. The Morgan fingerprint density at radius 2 is 2.08 bits per heavy atom. The summed E-state index contributed by atoms with van der Waals surface area (Å²) in [5, 5.41) is 10.5. The monoisotopic (exact) mass is 360 g/mol. The van der Waals surface area contributed by atoms with Crippen LogP contribution in [0.15, 0.2) is 42.6 Å². The first-order chi connectivity index (χ1) is 12.7. The highest BCUT2D eigenvalue weighted by Crippen LogP contribution is 2.38. The lowest BCUT2D eigenvalue weighted by Gasteiger charge is -2.11. The van der Waals surface area contributed by atoms with Gasteiger partial charge in [-0.15, -0.1) is 11.3 Å². The average Bonchev–Trinajstić information content (AvgIpc) is 3.30. The minimum atomic E-state index is 0.0446. The largest absolute Gasteiger partial charge is 0.490 e. The van der Waals surface area contributed by atoms with E-state index in [-0.39, 0.29) is 6.10 Å². The molecule has 130 valence electrons. The lowest BCUT2D eigenvalue weighted by molar-refractivity contribution is 0.242. The highest BCUT2D eigenvalue weighted by Gasteiger charge is 2.18. The van der Waals surface area contributed by atoms with Crippen LogP contribution >= 0.6 is 11.3 Å². The molecule has 1 heterocycles. The molecule has 0 saturated carbocycles. The van der Waals surface area contributed by atoms with E-state index in [1.54, 1.807) is 11.3 Å².